The summed E-state index contributed by atoms with van der Waals surface area (Å²) in [6, 6.07) is 7.18. The van der Waals surface area contributed by atoms with Crippen molar-refractivity contribution in [1.82, 2.24) is 15.3 Å². The van der Waals surface area contributed by atoms with Gasteiger partial charge in [-0.2, -0.15) is 0 Å². The Morgan fingerprint density at radius 2 is 2.20 bits per heavy atom. The maximum atomic E-state index is 12.1. The number of carbonyl (C=O) groups is 1. The summed E-state index contributed by atoms with van der Waals surface area (Å²) in [7, 11) is 0. The van der Waals surface area contributed by atoms with E-state index >= 15 is 0 Å². The standard InChI is InChI=1S/C15H18N4O/c1-3-12-7-11(8-14(16)19-12)15(20)18-9-13-10(2)5-4-6-17-13/h4-8H,3,9H2,1-2H3,(H2,16,19)(H,18,20). The van der Waals surface area contributed by atoms with Gasteiger partial charge in [0.15, 0.2) is 0 Å². The number of nitrogens with two attached hydrogens (primary N) is 1. The zero-order valence-electron chi connectivity index (χ0n) is 11.7. The third kappa shape index (κ3) is 3.32. The lowest BCUT2D eigenvalue weighted by Gasteiger charge is -2.08. The van der Waals surface area contributed by atoms with E-state index in [2.05, 4.69) is 15.3 Å². The molecule has 0 atom stereocenters. The van der Waals surface area contributed by atoms with Gasteiger partial charge in [0.25, 0.3) is 5.91 Å². The highest BCUT2D eigenvalue weighted by molar-refractivity contribution is 5.94. The first-order valence-electron chi connectivity index (χ1n) is 6.55. The van der Waals surface area contributed by atoms with Gasteiger partial charge in [-0.05, 0) is 37.1 Å². The Balaban J connectivity index is 2.09. The molecule has 0 spiro atoms. The molecule has 0 radical (unpaired) electrons. The van der Waals surface area contributed by atoms with Crippen LogP contribution in [0.5, 0.6) is 0 Å². The first kappa shape index (κ1) is 14.0. The van der Waals surface area contributed by atoms with E-state index in [4.69, 9.17) is 5.73 Å². The smallest absolute Gasteiger partial charge is 0.251 e. The molecule has 2 heterocycles. The van der Waals surface area contributed by atoms with E-state index in [0.29, 0.717) is 17.9 Å². The summed E-state index contributed by atoms with van der Waals surface area (Å²) in [5, 5.41) is 2.85. The Morgan fingerprint density at radius 3 is 2.90 bits per heavy atom. The van der Waals surface area contributed by atoms with Crippen LogP contribution in [0.3, 0.4) is 0 Å². The van der Waals surface area contributed by atoms with E-state index in [1.165, 1.54) is 0 Å². The molecule has 0 aliphatic carbocycles. The molecule has 2 aromatic rings. The van der Waals surface area contributed by atoms with Crippen molar-refractivity contribution in [3.05, 3.63) is 53.0 Å². The van der Waals surface area contributed by atoms with Crippen molar-refractivity contribution < 1.29 is 4.79 Å². The second-order valence-corrected chi connectivity index (χ2v) is 4.58. The molecule has 0 saturated carbocycles. The van der Waals surface area contributed by atoms with Gasteiger partial charge in [0.1, 0.15) is 5.82 Å². The summed E-state index contributed by atoms with van der Waals surface area (Å²) in [5.74, 6) is 0.197. The van der Waals surface area contributed by atoms with Crippen LogP contribution in [0.2, 0.25) is 0 Å². The van der Waals surface area contributed by atoms with E-state index in [1.807, 2.05) is 26.0 Å². The number of hydrogen-bond donors (Lipinski definition) is 2. The molecule has 1 amide bonds. The molecule has 0 saturated heterocycles. The molecule has 5 nitrogen and oxygen atoms in total. The predicted octanol–water partition coefficient (Wildman–Crippen LogP) is 1.86. The largest absolute Gasteiger partial charge is 0.384 e. The maximum absolute atomic E-state index is 12.1. The minimum atomic E-state index is -0.168. The van der Waals surface area contributed by atoms with Crippen LogP contribution in [0.15, 0.2) is 30.5 Å². The summed E-state index contributed by atoms with van der Waals surface area (Å²) in [4.78, 5) is 20.5. The fourth-order valence-electron chi connectivity index (χ4n) is 1.89. The SMILES string of the molecule is CCc1cc(C(=O)NCc2ncccc2C)cc(N)n1. The minimum absolute atomic E-state index is 0.168. The Labute approximate surface area is 118 Å². The average molecular weight is 270 g/mol. The number of amides is 1. The van der Waals surface area contributed by atoms with Crippen molar-refractivity contribution in [2.75, 3.05) is 5.73 Å². The molecule has 0 aromatic carbocycles. The fourth-order valence-corrected chi connectivity index (χ4v) is 1.89. The van der Waals surface area contributed by atoms with Gasteiger partial charge >= 0.3 is 0 Å². The molecule has 5 heteroatoms. The lowest BCUT2D eigenvalue weighted by atomic mass is 10.1. The van der Waals surface area contributed by atoms with Crippen molar-refractivity contribution in [2.24, 2.45) is 0 Å². The highest BCUT2D eigenvalue weighted by Crippen LogP contribution is 2.09. The summed E-state index contributed by atoms with van der Waals surface area (Å²) in [5.41, 5.74) is 8.95. The highest BCUT2D eigenvalue weighted by Gasteiger charge is 2.09. The number of nitrogens with zero attached hydrogens (tertiary/aromatic N) is 2. The molecule has 2 aromatic heterocycles. The number of carbonyl (C=O) groups excluding carboxylic acids is 1. The van der Waals surface area contributed by atoms with Gasteiger partial charge in [-0.1, -0.05) is 13.0 Å². The molecule has 3 N–H and O–H groups in total. The van der Waals surface area contributed by atoms with Crippen molar-refractivity contribution in [1.29, 1.82) is 0 Å². The molecular formula is C15H18N4O. The Morgan fingerprint density at radius 1 is 1.40 bits per heavy atom. The first-order valence-corrected chi connectivity index (χ1v) is 6.55. The summed E-state index contributed by atoms with van der Waals surface area (Å²) >= 11 is 0. The van der Waals surface area contributed by atoms with Crippen molar-refractivity contribution in [2.45, 2.75) is 26.8 Å². The van der Waals surface area contributed by atoms with Crippen LogP contribution in [0, 0.1) is 6.92 Å². The van der Waals surface area contributed by atoms with Crippen molar-refractivity contribution >= 4 is 11.7 Å². The van der Waals surface area contributed by atoms with E-state index in [1.54, 1.807) is 18.3 Å². The van der Waals surface area contributed by atoms with Crippen molar-refractivity contribution in [3.63, 3.8) is 0 Å². The van der Waals surface area contributed by atoms with Crippen LogP contribution in [0.1, 0.15) is 34.2 Å². The molecule has 0 bridgehead atoms. The molecule has 20 heavy (non-hydrogen) atoms. The Kier molecular flexibility index (Phi) is 4.30. The van der Waals surface area contributed by atoms with Crippen LogP contribution in [0.25, 0.3) is 0 Å². The van der Waals surface area contributed by atoms with Crippen molar-refractivity contribution in [3.8, 4) is 0 Å². The van der Waals surface area contributed by atoms with Crippen LogP contribution >= 0.6 is 0 Å². The topological polar surface area (TPSA) is 80.9 Å². The third-order valence-electron chi connectivity index (χ3n) is 3.06. The van der Waals surface area contributed by atoms with E-state index in [9.17, 15) is 4.79 Å². The molecular weight excluding hydrogens is 252 g/mol. The van der Waals surface area contributed by atoms with Gasteiger partial charge in [0.05, 0.1) is 12.2 Å². The van der Waals surface area contributed by atoms with Gasteiger partial charge in [-0.3, -0.25) is 9.78 Å². The molecule has 0 unspecified atom stereocenters. The molecule has 0 fully saturated rings. The fraction of sp³-hybridized carbons (Fsp3) is 0.267. The molecule has 0 aliphatic rings. The second kappa shape index (κ2) is 6.14. The first-order chi connectivity index (χ1) is 9.60. The highest BCUT2D eigenvalue weighted by atomic mass is 16.1. The van der Waals surface area contributed by atoms with Gasteiger partial charge in [-0.15, -0.1) is 0 Å². The van der Waals surface area contributed by atoms with Gasteiger partial charge < -0.3 is 11.1 Å². The van der Waals surface area contributed by atoms with Crippen LogP contribution in [-0.2, 0) is 13.0 Å². The summed E-state index contributed by atoms with van der Waals surface area (Å²) in [6.07, 6.45) is 2.46. The van der Waals surface area contributed by atoms with Crippen LogP contribution in [-0.4, -0.2) is 15.9 Å². The minimum Gasteiger partial charge on any atom is -0.384 e. The van der Waals surface area contributed by atoms with E-state index in [0.717, 1.165) is 23.4 Å². The van der Waals surface area contributed by atoms with E-state index in [-0.39, 0.29) is 5.91 Å². The van der Waals surface area contributed by atoms with E-state index < -0.39 is 0 Å². The monoisotopic (exact) mass is 270 g/mol. The molecule has 2 rings (SSSR count). The molecule has 0 aliphatic heterocycles. The number of hydrogen-bond acceptors (Lipinski definition) is 4. The number of anilines is 1. The summed E-state index contributed by atoms with van der Waals surface area (Å²) < 4.78 is 0. The number of nitrogens with one attached hydrogen (secondary N) is 1. The number of rotatable bonds is 4. The summed E-state index contributed by atoms with van der Waals surface area (Å²) in [6.45, 7) is 4.34. The third-order valence-corrected chi connectivity index (χ3v) is 3.06. The number of aryl methyl sites for hydroxylation is 2. The number of pyridine rings is 2. The molecule has 104 valence electrons. The zero-order chi connectivity index (χ0) is 14.5. The average Bonchev–Trinajstić information content (AvgIpc) is 2.45. The number of aromatic nitrogens is 2. The van der Waals surface area contributed by atoms with Crippen LogP contribution < -0.4 is 11.1 Å². The predicted molar refractivity (Wildman–Crippen MR) is 78.2 cm³/mol. The lowest BCUT2D eigenvalue weighted by molar-refractivity contribution is 0.0950. The maximum Gasteiger partial charge on any atom is 0.251 e. The lowest BCUT2D eigenvalue weighted by Crippen LogP contribution is -2.24. The number of nitrogen functional groups attached to an aromatic ring is 1. The van der Waals surface area contributed by atoms with Gasteiger partial charge in [0.2, 0.25) is 0 Å². The van der Waals surface area contributed by atoms with Gasteiger partial charge in [0, 0.05) is 17.5 Å². The zero-order valence-corrected chi connectivity index (χ0v) is 11.7. The van der Waals surface area contributed by atoms with Gasteiger partial charge in [-0.25, -0.2) is 4.98 Å². The normalized spacial score (nSPS) is 10.3. The Hall–Kier alpha value is -2.43. The second-order valence-electron chi connectivity index (χ2n) is 4.58. The Bertz CT molecular complexity index is 625. The quantitative estimate of drug-likeness (QED) is 0.888. The van der Waals surface area contributed by atoms with Crippen LogP contribution in [0.4, 0.5) is 5.82 Å².